The second-order valence-corrected chi connectivity index (χ2v) is 6.43. The number of rotatable bonds is 6. The topological polar surface area (TPSA) is 101 Å². The molecule has 8 heteroatoms. The van der Waals surface area contributed by atoms with Crippen molar-refractivity contribution in [3.05, 3.63) is 35.3 Å². The zero-order chi connectivity index (χ0) is 16.9. The number of carboxylic acid groups (broad SMARTS) is 1. The van der Waals surface area contributed by atoms with E-state index < -0.39 is 6.09 Å². The highest BCUT2D eigenvalue weighted by molar-refractivity contribution is 7.13. The van der Waals surface area contributed by atoms with Gasteiger partial charge in [-0.05, 0) is 37.1 Å². The molecule has 128 valence electrons. The molecule has 1 amide bonds. The number of benzene rings is 1. The minimum Gasteiger partial charge on any atom is -0.492 e. The van der Waals surface area contributed by atoms with Crippen molar-refractivity contribution in [3.63, 3.8) is 0 Å². The van der Waals surface area contributed by atoms with E-state index in [0.717, 1.165) is 36.5 Å². The van der Waals surface area contributed by atoms with Crippen LogP contribution in [0.2, 0.25) is 0 Å². The zero-order valence-corrected chi connectivity index (χ0v) is 14.0. The Labute approximate surface area is 144 Å². The van der Waals surface area contributed by atoms with Crippen molar-refractivity contribution in [2.45, 2.75) is 18.9 Å². The molecule has 0 aliphatic carbocycles. The maximum absolute atomic E-state index is 10.4. The third-order valence-corrected chi connectivity index (χ3v) is 4.64. The normalized spacial score (nSPS) is 17.0. The lowest BCUT2D eigenvalue weighted by atomic mass is 10.1. The first-order valence-corrected chi connectivity index (χ1v) is 8.68. The fraction of sp³-hybridized carbons (Fsp3) is 0.375. The lowest BCUT2D eigenvalue weighted by Gasteiger charge is -2.25. The average molecular weight is 348 g/mol. The number of hydrogen-bond donors (Lipinski definition) is 3. The van der Waals surface area contributed by atoms with Gasteiger partial charge in [0.15, 0.2) is 5.13 Å². The number of nitrogens with one attached hydrogen (secondary N) is 1. The molecule has 0 spiro atoms. The van der Waals surface area contributed by atoms with Gasteiger partial charge in [0.2, 0.25) is 0 Å². The van der Waals surface area contributed by atoms with Gasteiger partial charge in [0.25, 0.3) is 0 Å². The maximum Gasteiger partial charge on any atom is 0.404 e. The molecule has 1 aliphatic heterocycles. The Balaban J connectivity index is 1.61. The van der Waals surface area contributed by atoms with Crippen molar-refractivity contribution in [2.75, 3.05) is 30.3 Å². The highest BCUT2D eigenvalue weighted by Gasteiger charge is 2.28. The second-order valence-electron chi connectivity index (χ2n) is 5.54. The molecule has 1 aromatic carbocycles. The second kappa shape index (κ2) is 7.39. The summed E-state index contributed by atoms with van der Waals surface area (Å²) in [4.78, 5) is 17.1. The molecule has 3 rings (SSSR count). The lowest BCUT2D eigenvalue weighted by Crippen LogP contribution is -2.26. The van der Waals surface area contributed by atoms with Crippen molar-refractivity contribution >= 4 is 28.2 Å². The molecule has 4 N–H and O–H groups in total. The van der Waals surface area contributed by atoms with Crippen LogP contribution in [0, 0.1) is 0 Å². The summed E-state index contributed by atoms with van der Waals surface area (Å²) in [6, 6.07) is 8.12. The zero-order valence-electron chi connectivity index (χ0n) is 13.1. The van der Waals surface area contributed by atoms with Gasteiger partial charge in [0.05, 0.1) is 18.3 Å². The molecule has 2 heterocycles. The molecule has 0 bridgehead atoms. The van der Waals surface area contributed by atoms with Crippen LogP contribution in [0.3, 0.4) is 0 Å². The van der Waals surface area contributed by atoms with Crippen LogP contribution >= 0.6 is 11.3 Å². The fourth-order valence-electron chi connectivity index (χ4n) is 2.90. The Morgan fingerprint density at radius 1 is 1.46 bits per heavy atom. The molecule has 1 atom stereocenters. The SMILES string of the molecule is Nc1nc([C@H]2CCCN2c2ccc(OCCNC(=O)O)cc2)cs1. The van der Waals surface area contributed by atoms with E-state index in [1.807, 2.05) is 29.6 Å². The number of thiazole rings is 1. The average Bonchev–Trinajstić information content (AvgIpc) is 3.20. The summed E-state index contributed by atoms with van der Waals surface area (Å²) in [6.45, 7) is 1.55. The molecule has 24 heavy (non-hydrogen) atoms. The third kappa shape index (κ3) is 3.88. The Hall–Kier alpha value is -2.48. The van der Waals surface area contributed by atoms with Gasteiger partial charge in [-0.25, -0.2) is 9.78 Å². The fourth-order valence-corrected chi connectivity index (χ4v) is 3.51. The molecule has 1 fully saturated rings. The molecular weight excluding hydrogens is 328 g/mol. The molecule has 1 aliphatic rings. The van der Waals surface area contributed by atoms with Crippen molar-refractivity contribution < 1.29 is 14.6 Å². The number of aromatic nitrogens is 1. The lowest BCUT2D eigenvalue weighted by molar-refractivity contribution is 0.191. The Kier molecular flexibility index (Phi) is 5.05. The molecule has 2 aromatic rings. The Morgan fingerprint density at radius 2 is 2.25 bits per heavy atom. The summed E-state index contributed by atoms with van der Waals surface area (Å²) >= 11 is 1.48. The number of hydrogen-bond acceptors (Lipinski definition) is 6. The number of carbonyl (C=O) groups is 1. The first-order valence-electron chi connectivity index (χ1n) is 7.80. The summed E-state index contributed by atoms with van der Waals surface area (Å²) in [6.07, 6.45) is 1.15. The quantitative estimate of drug-likeness (QED) is 0.694. The van der Waals surface area contributed by atoms with E-state index in [9.17, 15) is 4.79 Å². The summed E-state index contributed by atoms with van der Waals surface area (Å²) in [5, 5.41) is 13.4. The van der Waals surface area contributed by atoms with Crippen molar-refractivity contribution in [1.82, 2.24) is 10.3 Å². The Bertz CT molecular complexity index is 689. The van der Waals surface area contributed by atoms with Crippen LogP contribution in [0.4, 0.5) is 15.6 Å². The van der Waals surface area contributed by atoms with Crippen LogP contribution < -0.4 is 20.7 Å². The summed E-state index contributed by atoms with van der Waals surface area (Å²) < 4.78 is 5.52. The van der Waals surface area contributed by atoms with E-state index in [-0.39, 0.29) is 12.6 Å². The van der Waals surface area contributed by atoms with E-state index in [0.29, 0.717) is 11.7 Å². The highest BCUT2D eigenvalue weighted by Crippen LogP contribution is 2.37. The van der Waals surface area contributed by atoms with E-state index in [1.165, 1.54) is 11.3 Å². The summed E-state index contributed by atoms with van der Waals surface area (Å²) in [5.74, 6) is 0.722. The molecule has 0 unspecified atom stereocenters. The summed E-state index contributed by atoms with van der Waals surface area (Å²) in [7, 11) is 0. The number of nitrogen functional groups attached to an aromatic ring is 1. The van der Waals surface area contributed by atoms with Gasteiger partial charge < -0.3 is 25.8 Å². The Morgan fingerprint density at radius 3 is 2.92 bits per heavy atom. The molecule has 1 aromatic heterocycles. The monoisotopic (exact) mass is 348 g/mol. The van der Waals surface area contributed by atoms with Crippen LogP contribution in [-0.4, -0.2) is 35.9 Å². The van der Waals surface area contributed by atoms with Crippen LogP contribution in [0.25, 0.3) is 0 Å². The summed E-state index contributed by atoms with van der Waals surface area (Å²) in [5.41, 5.74) is 7.92. The number of amides is 1. The van der Waals surface area contributed by atoms with Crippen LogP contribution in [0.5, 0.6) is 5.75 Å². The van der Waals surface area contributed by atoms with Crippen molar-refractivity contribution in [3.8, 4) is 5.75 Å². The van der Waals surface area contributed by atoms with Gasteiger partial charge >= 0.3 is 6.09 Å². The van der Waals surface area contributed by atoms with E-state index >= 15 is 0 Å². The van der Waals surface area contributed by atoms with E-state index in [2.05, 4.69) is 15.2 Å². The number of nitrogens with zero attached hydrogens (tertiary/aromatic N) is 2. The smallest absolute Gasteiger partial charge is 0.404 e. The van der Waals surface area contributed by atoms with Crippen LogP contribution in [-0.2, 0) is 0 Å². The van der Waals surface area contributed by atoms with Gasteiger partial charge in [-0.15, -0.1) is 11.3 Å². The molecule has 7 nitrogen and oxygen atoms in total. The van der Waals surface area contributed by atoms with Crippen molar-refractivity contribution in [2.24, 2.45) is 0 Å². The standard InChI is InChI=1S/C16H20N4O3S/c17-15-19-13(10-24-15)14-2-1-8-20(14)11-3-5-12(6-4-11)23-9-7-18-16(21)22/h3-6,10,14,18H,1-2,7-9H2,(H2,17,19)(H,21,22)/t14-/m1/s1. The predicted octanol–water partition coefficient (Wildman–Crippen LogP) is 2.71. The van der Waals surface area contributed by atoms with Crippen LogP contribution in [0.1, 0.15) is 24.6 Å². The van der Waals surface area contributed by atoms with Crippen molar-refractivity contribution in [1.29, 1.82) is 0 Å². The third-order valence-electron chi connectivity index (χ3n) is 3.95. The van der Waals surface area contributed by atoms with Gasteiger partial charge in [0, 0.05) is 17.6 Å². The van der Waals surface area contributed by atoms with Gasteiger partial charge in [-0.1, -0.05) is 0 Å². The highest BCUT2D eigenvalue weighted by atomic mass is 32.1. The minimum atomic E-state index is -1.04. The first-order chi connectivity index (χ1) is 11.6. The van der Waals surface area contributed by atoms with Gasteiger partial charge in [-0.2, -0.15) is 0 Å². The first kappa shape index (κ1) is 16.4. The minimum absolute atomic E-state index is 0.260. The predicted molar refractivity (Wildman–Crippen MR) is 93.8 cm³/mol. The number of anilines is 2. The maximum atomic E-state index is 10.4. The largest absolute Gasteiger partial charge is 0.492 e. The van der Waals surface area contributed by atoms with Gasteiger partial charge in [-0.3, -0.25) is 0 Å². The molecule has 1 saturated heterocycles. The molecular formula is C16H20N4O3S. The number of nitrogens with two attached hydrogens (primary N) is 1. The molecule has 0 radical (unpaired) electrons. The molecule has 0 saturated carbocycles. The van der Waals surface area contributed by atoms with E-state index in [1.54, 1.807) is 0 Å². The van der Waals surface area contributed by atoms with Crippen LogP contribution in [0.15, 0.2) is 29.6 Å². The van der Waals surface area contributed by atoms with E-state index in [4.69, 9.17) is 15.6 Å². The number of ether oxygens (including phenoxy) is 1. The van der Waals surface area contributed by atoms with Gasteiger partial charge in [0.1, 0.15) is 12.4 Å².